The third kappa shape index (κ3) is 3.75. The normalized spacial score (nSPS) is 10.4. The number of esters is 1. The molecule has 2 rings (SSSR count). The molecule has 20 heavy (non-hydrogen) atoms. The summed E-state index contributed by atoms with van der Waals surface area (Å²) in [4.78, 5) is 12.0. The minimum absolute atomic E-state index is 0.114. The Labute approximate surface area is 128 Å². The molecule has 104 valence electrons. The number of halogens is 2. The Morgan fingerprint density at radius 2 is 1.85 bits per heavy atom. The van der Waals surface area contributed by atoms with Crippen LogP contribution in [-0.4, -0.2) is 5.97 Å². The largest absolute Gasteiger partial charge is 0.426 e. The van der Waals surface area contributed by atoms with Gasteiger partial charge >= 0.3 is 5.97 Å². The lowest BCUT2D eigenvalue weighted by atomic mass is 10.1. The van der Waals surface area contributed by atoms with Crippen LogP contribution in [0.4, 0.5) is 0 Å². The Kier molecular flexibility index (Phi) is 4.69. The standard InChI is InChI=1S/C16H14Cl2O2/c1-10-3-4-11(2)15(7-10)20-16(19)8-12-5-6-13(17)9-14(12)18/h3-7,9H,8H2,1-2H3. The Hall–Kier alpha value is -1.51. The third-order valence-electron chi connectivity index (χ3n) is 2.92. The summed E-state index contributed by atoms with van der Waals surface area (Å²) in [5.74, 6) is 0.239. The van der Waals surface area contributed by atoms with Crippen LogP contribution in [0.1, 0.15) is 16.7 Å². The van der Waals surface area contributed by atoms with E-state index in [0.717, 1.165) is 11.1 Å². The Bertz CT molecular complexity index is 651. The summed E-state index contributed by atoms with van der Waals surface area (Å²) >= 11 is 11.9. The second kappa shape index (κ2) is 6.29. The Morgan fingerprint density at radius 3 is 2.55 bits per heavy atom. The monoisotopic (exact) mass is 308 g/mol. The van der Waals surface area contributed by atoms with Crippen LogP contribution in [-0.2, 0) is 11.2 Å². The lowest BCUT2D eigenvalue weighted by Crippen LogP contribution is -2.12. The van der Waals surface area contributed by atoms with Crippen LogP contribution < -0.4 is 4.74 Å². The summed E-state index contributed by atoms with van der Waals surface area (Å²) in [5, 5.41) is 1.01. The minimum Gasteiger partial charge on any atom is -0.426 e. The van der Waals surface area contributed by atoms with Crippen molar-refractivity contribution < 1.29 is 9.53 Å². The molecule has 0 aromatic heterocycles. The van der Waals surface area contributed by atoms with Crippen molar-refractivity contribution in [1.82, 2.24) is 0 Å². The quantitative estimate of drug-likeness (QED) is 0.603. The fourth-order valence-corrected chi connectivity index (χ4v) is 2.27. The molecule has 0 atom stereocenters. The smallest absolute Gasteiger partial charge is 0.315 e. The number of ether oxygens (including phenoxy) is 1. The highest BCUT2D eigenvalue weighted by molar-refractivity contribution is 6.35. The molecule has 0 amide bonds. The molecule has 0 fully saturated rings. The van der Waals surface area contributed by atoms with Crippen molar-refractivity contribution in [2.24, 2.45) is 0 Å². The van der Waals surface area contributed by atoms with Crippen LogP contribution >= 0.6 is 23.2 Å². The zero-order valence-electron chi connectivity index (χ0n) is 11.2. The number of hydrogen-bond donors (Lipinski definition) is 0. The first kappa shape index (κ1) is 14.9. The van der Waals surface area contributed by atoms with Gasteiger partial charge in [0.05, 0.1) is 6.42 Å². The summed E-state index contributed by atoms with van der Waals surface area (Å²) in [7, 11) is 0. The van der Waals surface area contributed by atoms with E-state index in [1.807, 2.05) is 32.0 Å². The van der Waals surface area contributed by atoms with Gasteiger partial charge in [-0.05, 0) is 48.7 Å². The first-order chi connectivity index (χ1) is 9.45. The molecular weight excluding hydrogens is 295 g/mol. The summed E-state index contributed by atoms with van der Waals surface area (Å²) in [6.45, 7) is 3.85. The molecule has 2 aromatic carbocycles. The fraction of sp³-hybridized carbons (Fsp3) is 0.188. The van der Waals surface area contributed by atoms with E-state index in [1.165, 1.54) is 0 Å². The molecular formula is C16H14Cl2O2. The van der Waals surface area contributed by atoms with E-state index < -0.39 is 0 Å². The summed E-state index contributed by atoms with van der Waals surface area (Å²) in [6, 6.07) is 10.8. The molecule has 0 spiro atoms. The molecule has 2 nitrogen and oxygen atoms in total. The van der Waals surface area contributed by atoms with Crippen LogP contribution in [0.15, 0.2) is 36.4 Å². The van der Waals surface area contributed by atoms with E-state index in [0.29, 0.717) is 21.4 Å². The van der Waals surface area contributed by atoms with Crippen LogP contribution in [0.3, 0.4) is 0 Å². The molecule has 0 unspecified atom stereocenters. The number of carbonyl (C=O) groups is 1. The van der Waals surface area contributed by atoms with Gasteiger partial charge < -0.3 is 4.74 Å². The third-order valence-corrected chi connectivity index (χ3v) is 3.50. The first-order valence-corrected chi connectivity index (χ1v) is 6.93. The van der Waals surface area contributed by atoms with E-state index in [9.17, 15) is 4.79 Å². The predicted molar refractivity (Wildman–Crippen MR) is 81.7 cm³/mol. The molecule has 4 heteroatoms. The highest BCUT2D eigenvalue weighted by Gasteiger charge is 2.11. The lowest BCUT2D eigenvalue weighted by molar-refractivity contribution is -0.133. The number of rotatable bonds is 3. The van der Waals surface area contributed by atoms with Crippen molar-refractivity contribution in [3.05, 3.63) is 63.1 Å². The van der Waals surface area contributed by atoms with E-state index in [4.69, 9.17) is 27.9 Å². The van der Waals surface area contributed by atoms with Gasteiger partial charge in [0, 0.05) is 10.0 Å². The molecule has 0 aliphatic heterocycles. The van der Waals surface area contributed by atoms with Crippen molar-refractivity contribution in [3.8, 4) is 5.75 Å². The van der Waals surface area contributed by atoms with Crippen molar-refractivity contribution in [2.75, 3.05) is 0 Å². The summed E-state index contributed by atoms with van der Waals surface area (Å²) in [5.41, 5.74) is 2.67. The average molecular weight is 309 g/mol. The van der Waals surface area contributed by atoms with Gasteiger partial charge in [0.2, 0.25) is 0 Å². The fourth-order valence-electron chi connectivity index (χ4n) is 1.80. The molecule has 0 N–H and O–H groups in total. The zero-order valence-corrected chi connectivity index (χ0v) is 12.8. The Balaban J connectivity index is 2.11. The van der Waals surface area contributed by atoms with Crippen molar-refractivity contribution in [2.45, 2.75) is 20.3 Å². The molecule has 0 heterocycles. The second-order valence-corrected chi connectivity index (χ2v) is 5.50. The van der Waals surface area contributed by atoms with Gasteiger partial charge in [0.1, 0.15) is 5.75 Å². The van der Waals surface area contributed by atoms with E-state index in [-0.39, 0.29) is 12.4 Å². The maximum atomic E-state index is 12.0. The van der Waals surface area contributed by atoms with Crippen molar-refractivity contribution >= 4 is 29.2 Å². The minimum atomic E-state index is -0.345. The highest BCUT2D eigenvalue weighted by Crippen LogP contribution is 2.23. The van der Waals surface area contributed by atoms with Gasteiger partial charge in [-0.2, -0.15) is 0 Å². The van der Waals surface area contributed by atoms with Crippen LogP contribution in [0, 0.1) is 13.8 Å². The van der Waals surface area contributed by atoms with Gasteiger partial charge in [0.15, 0.2) is 0 Å². The predicted octanol–water partition coefficient (Wildman–Crippen LogP) is 4.76. The first-order valence-electron chi connectivity index (χ1n) is 6.17. The van der Waals surface area contributed by atoms with Crippen LogP contribution in [0.2, 0.25) is 10.0 Å². The average Bonchev–Trinajstić information content (AvgIpc) is 2.37. The number of benzene rings is 2. The van der Waals surface area contributed by atoms with E-state index >= 15 is 0 Å². The molecule has 2 aromatic rings. The SMILES string of the molecule is Cc1ccc(C)c(OC(=O)Cc2ccc(Cl)cc2Cl)c1. The topological polar surface area (TPSA) is 26.3 Å². The number of hydrogen-bond acceptors (Lipinski definition) is 2. The zero-order chi connectivity index (χ0) is 14.7. The maximum Gasteiger partial charge on any atom is 0.315 e. The van der Waals surface area contributed by atoms with E-state index in [1.54, 1.807) is 18.2 Å². The lowest BCUT2D eigenvalue weighted by Gasteiger charge is -2.09. The van der Waals surface area contributed by atoms with Gasteiger partial charge in [-0.1, -0.05) is 41.4 Å². The molecule has 0 saturated carbocycles. The summed E-state index contributed by atoms with van der Waals surface area (Å²) in [6.07, 6.45) is 0.114. The molecule has 0 aliphatic carbocycles. The summed E-state index contributed by atoms with van der Waals surface area (Å²) < 4.78 is 5.38. The molecule has 0 bridgehead atoms. The second-order valence-electron chi connectivity index (χ2n) is 4.66. The highest BCUT2D eigenvalue weighted by atomic mass is 35.5. The van der Waals surface area contributed by atoms with E-state index in [2.05, 4.69) is 0 Å². The Morgan fingerprint density at radius 1 is 1.10 bits per heavy atom. The van der Waals surface area contributed by atoms with Gasteiger partial charge in [0.25, 0.3) is 0 Å². The molecule has 0 saturated heterocycles. The van der Waals surface area contributed by atoms with Crippen molar-refractivity contribution in [3.63, 3.8) is 0 Å². The van der Waals surface area contributed by atoms with Gasteiger partial charge in [-0.3, -0.25) is 4.79 Å². The molecule has 0 aliphatic rings. The van der Waals surface area contributed by atoms with Gasteiger partial charge in [-0.25, -0.2) is 0 Å². The van der Waals surface area contributed by atoms with Crippen LogP contribution in [0.25, 0.3) is 0 Å². The maximum absolute atomic E-state index is 12.0. The van der Waals surface area contributed by atoms with Crippen molar-refractivity contribution in [1.29, 1.82) is 0 Å². The number of carbonyl (C=O) groups excluding carboxylic acids is 1. The molecule has 0 radical (unpaired) electrons. The number of aryl methyl sites for hydroxylation is 2. The van der Waals surface area contributed by atoms with Gasteiger partial charge in [-0.15, -0.1) is 0 Å². The van der Waals surface area contributed by atoms with Crippen LogP contribution in [0.5, 0.6) is 5.75 Å².